The topological polar surface area (TPSA) is 150 Å². The summed E-state index contributed by atoms with van der Waals surface area (Å²) in [5.74, 6) is -1.04. The molecule has 0 aliphatic carbocycles. The number of aromatic nitrogens is 2. The lowest BCUT2D eigenvalue weighted by Gasteiger charge is -2.23. The van der Waals surface area contributed by atoms with Crippen LogP contribution in [-0.4, -0.2) is 65.7 Å². The second kappa shape index (κ2) is 14.9. The number of anilines is 1. The molecule has 0 saturated carbocycles. The van der Waals surface area contributed by atoms with Crippen molar-refractivity contribution in [2.45, 2.75) is 44.5 Å². The third-order valence-corrected chi connectivity index (χ3v) is 5.94. The number of rotatable bonds is 15. The van der Waals surface area contributed by atoms with Crippen molar-refractivity contribution in [2.75, 3.05) is 32.2 Å². The Bertz CT molecular complexity index is 1230. The number of benzene rings is 2. The molecule has 1 heterocycles. The van der Waals surface area contributed by atoms with Gasteiger partial charge in [-0.05, 0) is 31.4 Å². The van der Waals surface area contributed by atoms with E-state index in [1.807, 2.05) is 60.7 Å². The molecule has 3 aromatic rings. The van der Waals surface area contributed by atoms with Gasteiger partial charge in [-0.25, -0.2) is 4.98 Å². The molecule has 1 aromatic heterocycles. The molecule has 2 atom stereocenters. The van der Waals surface area contributed by atoms with E-state index in [1.165, 1.54) is 6.33 Å². The van der Waals surface area contributed by atoms with Crippen molar-refractivity contribution < 1.29 is 23.9 Å². The quantitative estimate of drug-likeness (QED) is 0.211. The first-order valence-electron chi connectivity index (χ1n) is 13.1. The number of carbonyl (C=O) groups is 3. The Hall–Kier alpha value is -4.06. The number of imidazole rings is 1. The van der Waals surface area contributed by atoms with E-state index in [0.29, 0.717) is 19.6 Å². The van der Waals surface area contributed by atoms with Gasteiger partial charge in [0, 0.05) is 26.5 Å². The van der Waals surface area contributed by atoms with Crippen LogP contribution in [0.15, 0.2) is 73.2 Å². The van der Waals surface area contributed by atoms with Crippen LogP contribution in [0, 0.1) is 0 Å². The molecule has 11 nitrogen and oxygen atoms in total. The molecule has 0 aliphatic heterocycles. The molecule has 0 spiro atoms. The molecule has 0 aliphatic rings. The summed E-state index contributed by atoms with van der Waals surface area (Å²) in [5.41, 5.74) is 6.42. The Morgan fingerprint density at radius 1 is 1.02 bits per heavy atom. The van der Waals surface area contributed by atoms with Gasteiger partial charge in [0.2, 0.25) is 11.8 Å². The molecule has 2 aromatic carbocycles. The Morgan fingerprint density at radius 3 is 2.35 bits per heavy atom. The van der Waals surface area contributed by atoms with Crippen LogP contribution in [0.3, 0.4) is 0 Å². The fourth-order valence-corrected chi connectivity index (χ4v) is 3.77. The number of carbonyl (C=O) groups excluding carboxylic acids is 3. The van der Waals surface area contributed by atoms with Gasteiger partial charge in [-0.3, -0.25) is 14.4 Å². The van der Waals surface area contributed by atoms with Crippen molar-refractivity contribution in [3.05, 3.63) is 84.3 Å². The number of methoxy groups -OCH3 is 1. The van der Waals surface area contributed by atoms with Crippen molar-refractivity contribution in [1.82, 2.24) is 20.2 Å². The standard InChI is InChI=1S/C29H38N6O5/c1-29(2,30)28(38)33-23(19-40-18-21-11-6-4-7-12-21)26(36)34-24-17-35(20-32-24)25(22-13-8-5-9-14-22)27(37)31-15-10-16-39-3/h4-9,11-14,17,20,23,25H,10,15-16,18-19,30H2,1-3H3,(H,31,37)(H,33,38)(H,34,36)/t23-,25?/m1/s1. The molecular weight excluding hydrogens is 512 g/mol. The first kappa shape index (κ1) is 30.5. The third kappa shape index (κ3) is 9.30. The minimum atomic E-state index is -1.20. The van der Waals surface area contributed by atoms with E-state index in [-0.39, 0.29) is 24.9 Å². The second-order valence-corrected chi connectivity index (χ2v) is 9.89. The van der Waals surface area contributed by atoms with Crippen LogP contribution in [0.2, 0.25) is 0 Å². The maximum absolute atomic E-state index is 13.2. The Kier molecular flexibility index (Phi) is 11.4. The number of ether oxygens (including phenoxy) is 2. The van der Waals surface area contributed by atoms with Gasteiger partial charge < -0.3 is 35.7 Å². The summed E-state index contributed by atoms with van der Waals surface area (Å²) in [6.45, 7) is 4.27. The van der Waals surface area contributed by atoms with Gasteiger partial charge in [0.25, 0.3) is 5.91 Å². The highest BCUT2D eigenvalue weighted by Gasteiger charge is 2.29. The van der Waals surface area contributed by atoms with Crippen LogP contribution in [0.4, 0.5) is 5.82 Å². The van der Waals surface area contributed by atoms with Crippen molar-refractivity contribution >= 4 is 23.5 Å². The molecule has 40 heavy (non-hydrogen) atoms. The summed E-state index contributed by atoms with van der Waals surface area (Å²) in [6, 6.07) is 17.0. The molecule has 0 radical (unpaired) electrons. The Morgan fingerprint density at radius 2 is 1.70 bits per heavy atom. The molecule has 0 bridgehead atoms. The summed E-state index contributed by atoms with van der Waals surface area (Å²) in [4.78, 5) is 43.2. The molecule has 0 fully saturated rings. The maximum atomic E-state index is 13.2. The molecule has 3 amide bonds. The molecule has 0 saturated heterocycles. The second-order valence-electron chi connectivity index (χ2n) is 9.89. The Labute approximate surface area is 234 Å². The van der Waals surface area contributed by atoms with Gasteiger partial charge >= 0.3 is 0 Å². The van der Waals surface area contributed by atoms with E-state index in [1.54, 1.807) is 31.7 Å². The lowest BCUT2D eigenvalue weighted by molar-refractivity contribution is -0.130. The van der Waals surface area contributed by atoms with Crippen LogP contribution in [0.1, 0.15) is 37.4 Å². The van der Waals surface area contributed by atoms with E-state index in [2.05, 4.69) is 20.9 Å². The van der Waals surface area contributed by atoms with Gasteiger partial charge in [-0.1, -0.05) is 60.7 Å². The van der Waals surface area contributed by atoms with Crippen molar-refractivity contribution in [1.29, 1.82) is 0 Å². The zero-order valence-corrected chi connectivity index (χ0v) is 23.1. The normalized spacial score (nSPS) is 12.8. The molecule has 1 unspecified atom stereocenters. The van der Waals surface area contributed by atoms with Crippen LogP contribution in [0.25, 0.3) is 0 Å². The minimum Gasteiger partial charge on any atom is -0.385 e. The summed E-state index contributed by atoms with van der Waals surface area (Å²) in [5, 5.41) is 8.30. The van der Waals surface area contributed by atoms with Crippen LogP contribution in [-0.2, 0) is 30.5 Å². The summed E-state index contributed by atoms with van der Waals surface area (Å²) in [6.07, 6.45) is 3.72. The molecule has 214 valence electrons. The SMILES string of the molecule is COCCCNC(=O)C(c1ccccc1)n1cnc(NC(=O)[C@@H](COCc2ccccc2)NC(=O)C(C)(C)N)c1. The largest absolute Gasteiger partial charge is 0.385 e. The molecule has 3 rings (SSSR count). The Balaban J connectivity index is 1.73. The molecule has 11 heteroatoms. The summed E-state index contributed by atoms with van der Waals surface area (Å²) < 4.78 is 12.4. The highest BCUT2D eigenvalue weighted by molar-refractivity contribution is 5.98. The lowest BCUT2D eigenvalue weighted by Crippen LogP contribution is -2.56. The number of amides is 3. The first-order chi connectivity index (χ1) is 19.2. The lowest BCUT2D eigenvalue weighted by atomic mass is 10.1. The third-order valence-electron chi connectivity index (χ3n) is 5.94. The maximum Gasteiger partial charge on any atom is 0.250 e. The van der Waals surface area contributed by atoms with Gasteiger partial charge in [0.15, 0.2) is 5.82 Å². The molecule has 5 N–H and O–H groups in total. The van der Waals surface area contributed by atoms with E-state index in [0.717, 1.165) is 11.1 Å². The van der Waals surface area contributed by atoms with E-state index >= 15 is 0 Å². The highest BCUT2D eigenvalue weighted by Crippen LogP contribution is 2.20. The van der Waals surface area contributed by atoms with Gasteiger partial charge in [-0.2, -0.15) is 0 Å². The van der Waals surface area contributed by atoms with E-state index < -0.39 is 29.4 Å². The number of nitrogens with two attached hydrogens (primary N) is 1. The monoisotopic (exact) mass is 550 g/mol. The average molecular weight is 551 g/mol. The van der Waals surface area contributed by atoms with Gasteiger partial charge in [-0.15, -0.1) is 0 Å². The highest BCUT2D eigenvalue weighted by atomic mass is 16.5. The smallest absolute Gasteiger partial charge is 0.250 e. The summed E-state index contributed by atoms with van der Waals surface area (Å²) >= 11 is 0. The fourth-order valence-electron chi connectivity index (χ4n) is 3.77. The van der Waals surface area contributed by atoms with Crippen molar-refractivity contribution in [3.8, 4) is 0 Å². The number of nitrogens with one attached hydrogen (secondary N) is 3. The predicted molar refractivity (Wildman–Crippen MR) is 151 cm³/mol. The molecular formula is C29H38N6O5. The zero-order valence-electron chi connectivity index (χ0n) is 23.1. The number of hydrogen-bond donors (Lipinski definition) is 4. The van der Waals surface area contributed by atoms with Gasteiger partial charge in [0.05, 0.1) is 25.1 Å². The van der Waals surface area contributed by atoms with Gasteiger partial charge in [0.1, 0.15) is 12.1 Å². The van der Waals surface area contributed by atoms with E-state index in [9.17, 15) is 14.4 Å². The predicted octanol–water partition coefficient (Wildman–Crippen LogP) is 2.00. The fraction of sp³-hybridized carbons (Fsp3) is 0.379. The zero-order chi connectivity index (χ0) is 29.0. The number of hydrogen-bond acceptors (Lipinski definition) is 7. The first-order valence-corrected chi connectivity index (χ1v) is 13.1. The van der Waals surface area contributed by atoms with Crippen molar-refractivity contribution in [3.63, 3.8) is 0 Å². The average Bonchev–Trinajstić information content (AvgIpc) is 3.38. The van der Waals surface area contributed by atoms with Crippen LogP contribution < -0.4 is 21.7 Å². The van der Waals surface area contributed by atoms with Crippen LogP contribution >= 0.6 is 0 Å². The number of nitrogens with zero attached hydrogens (tertiary/aromatic N) is 2. The summed E-state index contributed by atoms with van der Waals surface area (Å²) in [7, 11) is 1.61. The minimum absolute atomic E-state index is 0.0836. The van der Waals surface area contributed by atoms with E-state index in [4.69, 9.17) is 15.2 Å². The van der Waals surface area contributed by atoms with Crippen LogP contribution in [0.5, 0.6) is 0 Å². The van der Waals surface area contributed by atoms with Crippen molar-refractivity contribution in [2.24, 2.45) is 5.73 Å².